The summed E-state index contributed by atoms with van der Waals surface area (Å²) in [5, 5.41) is 3.46. The Morgan fingerprint density at radius 3 is 2.17 bits per heavy atom. The minimum absolute atomic E-state index is 0. The molecule has 1 aliphatic heterocycles. The molecule has 2 saturated carbocycles. The molecule has 138 valence electrons. The van der Waals surface area contributed by atoms with Gasteiger partial charge in [-0.25, -0.2) is 0 Å². The Labute approximate surface area is 156 Å². The second-order valence-electron chi connectivity index (χ2n) is 7.84. The molecular weight excluding hydrogens is 327 g/mol. The number of nitrogens with one attached hydrogen (secondary N) is 1. The zero-order chi connectivity index (χ0) is 14.3. The van der Waals surface area contributed by atoms with E-state index in [-0.39, 0.29) is 24.8 Å². The molecule has 0 radical (unpaired) electrons. The van der Waals surface area contributed by atoms with Gasteiger partial charge in [0.05, 0.1) is 0 Å². The van der Waals surface area contributed by atoms with E-state index < -0.39 is 0 Å². The van der Waals surface area contributed by atoms with E-state index in [4.69, 9.17) is 0 Å². The first-order chi connectivity index (χ1) is 10.4. The molecule has 0 aromatic carbocycles. The zero-order valence-corrected chi connectivity index (χ0v) is 16.4. The fourth-order valence-corrected chi connectivity index (χ4v) is 5.29. The molecular formula is C19H38Cl2N2. The van der Waals surface area contributed by atoms with Gasteiger partial charge in [-0.2, -0.15) is 0 Å². The molecule has 0 aromatic rings. The predicted octanol–water partition coefficient (Wildman–Crippen LogP) is 4.90. The van der Waals surface area contributed by atoms with Gasteiger partial charge in [-0.1, -0.05) is 51.4 Å². The van der Waals surface area contributed by atoms with E-state index in [1.54, 1.807) is 25.7 Å². The van der Waals surface area contributed by atoms with E-state index in [9.17, 15) is 0 Å². The summed E-state index contributed by atoms with van der Waals surface area (Å²) in [5.41, 5.74) is 0. The van der Waals surface area contributed by atoms with E-state index in [1.807, 2.05) is 0 Å². The molecule has 3 fully saturated rings. The fraction of sp³-hybridized carbons (Fsp3) is 1.00. The van der Waals surface area contributed by atoms with Crippen LogP contribution in [0.3, 0.4) is 0 Å². The fourth-order valence-electron chi connectivity index (χ4n) is 5.29. The first-order valence-electron chi connectivity index (χ1n) is 9.86. The van der Waals surface area contributed by atoms with Gasteiger partial charge < -0.3 is 10.2 Å². The van der Waals surface area contributed by atoms with E-state index in [1.165, 1.54) is 77.7 Å². The smallest absolute Gasteiger partial charge is 0.0107 e. The Balaban J connectivity index is 0.00000132. The van der Waals surface area contributed by atoms with Crippen LogP contribution in [0.25, 0.3) is 0 Å². The molecule has 4 heteroatoms. The number of hydrogen-bond donors (Lipinski definition) is 1. The van der Waals surface area contributed by atoms with Crippen LogP contribution in [0.15, 0.2) is 0 Å². The number of nitrogens with zero attached hydrogens (tertiary/aromatic N) is 1. The Morgan fingerprint density at radius 1 is 0.783 bits per heavy atom. The molecule has 0 aromatic heterocycles. The van der Waals surface area contributed by atoms with Crippen LogP contribution in [-0.2, 0) is 0 Å². The number of piperazine rings is 1. The summed E-state index contributed by atoms with van der Waals surface area (Å²) in [4.78, 5) is 2.68. The molecule has 2 aliphatic carbocycles. The van der Waals surface area contributed by atoms with Gasteiger partial charge in [-0.05, 0) is 43.6 Å². The molecule has 3 aliphatic rings. The molecule has 0 amide bonds. The van der Waals surface area contributed by atoms with Gasteiger partial charge in [0.1, 0.15) is 0 Å². The van der Waals surface area contributed by atoms with Gasteiger partial charge in [-0.15, -0.1) is 24.8 Å². The average Bonchev–Trinajstić information content (AvgIpc) is 2.57. The van der Waals surface area contributed by atoms with E-state index in [2.05, 4.69) is 10.2 Å². The van der Waals surface area contributed by atoms with E-state index in [0.717, 1.165) is 17.8 Å². The highest BCUT2D eigenvalue weighted by atomic mass is 35.5. The van der Waals surface area contributed by atoms with Crippen molar-refractivity contribution >= 4 is 24.8 Å². The van der Waals surface area contributed by atoms with Gasteiger partial charge in [0.15, 0.2) is 0 Å². The summed E-state index contributed by atoms with van der Waals surface area (Å²) in [6.45, 7) is 6.31. The van der Waals surface area contributed by atoms with Crippen LogP contribution in [0.4, 0.5) is 0 Å². The van der Waals surface area contributed by atoms with Crippen LogP contribution in [0.5, 0.6) is 0 Å². The van der Waals surface area contributed by atoms with Gasteiger partial charge in [0.25, 0.3) is 0 Å². The van der Waals surface area contributed by atoms with Crippen molar-refractivity contribution in [2.75, 3.05) is 32.7 Å². The van der Waals surface area contributed by atoms with Crippen molar-refractivity contribution in [2.45, 2.75) is 70.6 Å². The molecule has 2 unspecified atom stereocenters. The Bertz CT molecular complexity index is 289. The summed E-state index contributed by atoms with van der Waals surface area (Å²) in [7, 11) is 0. The molecule has 3 rings (SSSR count). The summed E-state index contributed by atoms with van der Waals surface area (Å²) >= 11 is 0. The summed E-state index contributed by atoms with van der Waals surface area (Å²) in [6, 6.07) is 0. The van der Waals surface area contributed by atoms with Crippen LogP contribution < -0.4 is 5.32 Å². The average molecular weight is 365 g/mol. The van der Waals surface area contributed by atoms with Crippen LogP contribution in [0.1, 0.15) is 70.6 Å². The van der Waals surface area contributed by atoms with Crippen LogP contribution in [0, 0.1) is 17.8 Å². The summed E-state index contributed by atoms with van der Waals surface area (Å²) < 4.78 is 0. The maximum atomic E-state index is 3.46. The quantitative estimate of drug-likeness (QED) is 0.745. The molecule has 2 atom stereocenters. The molecule has 1 N–H and O–H groups in total. The third kappa shape index (κ3) is 6.72. The molecule has 0 bridgehead atoms. The van der Waals surface area contributed by atoms with Gasteiger partial charge in [0.2, 0.25) is 0 Å². The lowest BCUT2D eigenvalue weighted by atomic mass is 9.67. The van der Waals surface area contributed by atoms with Gasteiger partial charge >= 0.3 is 0 Å². The van der Waals surface area contributed by atoms with Crippen LogP contribution in [-0.4, -0.2) is 37.6 Å². The third-order valence-corrected chi connectivity index (χ3v) is 6.48. The number of hydrogen-bond acceptors (Lipinski definition) is 2. The van der Waals surface area contributed by atoms with E-state index in [0.29, 0.717) is 0 Å². The molecule has 0 spiro atoms. The van der Waals surface area contributed by atoms with Gasteiger partial charge in [-0.3, -0.25) is 0 Å². The first-order valence-corrected chi connectivity index (χ1v) is 9.86. The van der Waals surface area contributed by atoms with Crippen LogP contribution in [0.2, 0.25) is 0 Å². The van der Waals surface area contributed by atoms with Crippen molar-refractivity contribution in [1.82, 2.24) is 10.2 Å². The third-order valence-electron chi connectivity index (χ3n) is 6.48. The number of halogens is 2. The Hall–Kier alpha value is 0.500. The second-order valence-corrected chi connectivity index (χ2v) is 7.84. The van der Waals surface area contributed by atoms with Crippen LogP contribution >= 0.6 is 24.8 Å². The molecule has 2 nitrogen and oxygen atoms in total. The first kappa shape index (κ1) is 21.5. The van der Waals surface area contributed by atoms with Crippen molar-refractivity contribution in [3.63, 3.8) is 0 Å². The van der Waals surface area contributed by atoms with Crippen molar-refractivity contribution in [3.8, 4) is 0 Å². The van der Waals surface area contributed by atoms with Crippen molar-refractivity contribution in [3.05, 3.63) is 0 Å². The second kappa shape index (κ2) is 12.0. The summed E-state index contributed by atoms with van der Waals surface area (Å²) in [6.07, 6.45) is 16.8. The predicted molar refractivity (Wildman–Crippen MR) is 105 cm³/mol. The molecule has 1 saturated heterocycles. The zero-order valence-electron chi connectivity index (χ0n) is 14.8. The monoisotopic (exact) mass is 364 g/mol. The SMILES string of the molecule is C1CCC(C2CCCCC2CCCN2CCNCC2)CC1.Cl.Cl. The largest absolute Gasteiger partial charge is 0.314 e. The molecule has 23 heavy (non-hydrogen) atoms. The normalized spacial score (nSPS) is 30.3. The minimum Gasteiger partial charge on any atom is -0.314 e. The van der Waals surface area contributed by atoms with Crippen molar-refractivity contribution in [1.29, 1.82) is 0 Å². The Morgan fingerprint density at radius 2 is 1.43 bits per heavy atom. The maximum Gasteiger partial charge on any atom is 0.0107 e. The van der Waals surface area contributed by atoms with Gasteiger partial charge in [0, 0.05) is 26.2 Å². The highest BCUT2D eigenvalue weighted by molar-refractivity contribution is 5.85. The Kier molecular flexibility index (Phi) is 11.2. The number of rotatable bonds is 5. The molecule has 1 heterocycles. The minimum atomic E-state index is 0. The topological polar surface area (TPSA) is 15.3 Å². The maximum absolute atomic E-state index is 3.46. The van der Waals surface area contributed by atoms with Crippen molar-refractivity contribution in [2.24, 2.45) is 17.8 Å². The standard InChI is InChI=1S/C19H36N2.2ClH/c1-2-7-17(8-3-1)19-11-5-4-9-18(19)10-6-14-21-15-12-20-13-16-21;;/h17-20H,1-16H2;2*1H. The highest BCUT2D eigenvalue weighted by Gasteiger charge is 2.32. The van der Waals surface area contributed by atoms with Crippen molar-refractivity contribution < 1.29 is 0 Å². The lowest BCUT2D eigenvalue weighted by Gasteiger charge is -2.39. The van der Waals surface area contributed by atoms with E-state index >= 15 is 0 Å². The lowest BCUT2D eigenvalue weighted by Crippen LogP contribution is -2.43. The lowest BCUT2D eigenvalue weighted by molar-refractivity contribution is 0.116. The highest BCUT2D eigenvalue weighted by Crippen LogP contribution is 2.43. The summed E-state index contributed by atoms with van der Waals surface area (Å²) in [5.74, 6) is 3.27.